The molecule has 5 nitrogen and oxygen atoms in total. The molecule has 120 valence electrons. The molecule has 3 heterocycles. The summed E-state index contributed by atoms with van der Waals surface area (Å²) in [5, 5.41) is 0. The third-order valence-corrected chi connectivity index (χ3v) is 4.58. The highest BCUT2D eigenvalue weighted by molar-refractivity contribution is 5.38. The first kappa shape index (κ1) is 14.4. The normalized spacial score (nSPS) is 21.2. The molecule has 0 spiro atoms. The molecule has 0 aromatic carbocycles. The zero-order chi connectivity index (χ0) is 15.5. The van der Waals surface area contributed by atoms with E-state index in [2.05, 4.69) is 14.9 Å². The Morgan fingerprint density at radius 2 is 1.96 bits per heavy atom. The fraction of sp³-hybridized carbons (Fsp3) is 0.500. The Morgan fingerprint density at radius 3 is 2.78 bits per heavy atom. The van der Waals surface area contributed by atoms with Gasteiger partial charge in [0.2, 0.25) is 0 Å². The van der Waals surface area contributed by atoms with Crippen LogP contribution in [0.5, 0.6) is 5.75 Å². The second-order valence-electron chi connectivity index (χ2n) is 6.50. The molecule has 1 saturated carbocycles. The van der Waals surface area contributed by atoms with Gasteiger partial charge in [-0.05, 0) is 43.9 Å². The highest BCUT2D eigenvalue weighted by atomic mass is 16.5. The highest BCUT2D eigenvalue weighted by Gasteiger charge is 2.28. The van der Waals surface area contributed by atoms with Crippen molar-refractivity contribution in [2.45, 2.75) is 31.6 Å². The van der Waals surface area contributed by atoms with Crippen LogP contribution in [-0.4, -0.2) is 34.6 Å². The predicted molar refractivity (Wildman–Crippen MR) is 88.7 cm³/mol. The van der Waals surface area contributed by atoms with Crippen LogP contribution in [0.2, 0.25) is 0 Å². The molecule has 5 heteroatoms. The maximum absolute atomic E-state index is 5.90. The Labute approximate surface area is 136 Å². The van der Waals surface area contributed by atoms with E-state index in [-0.39, 0.29) is 0 Å². The minimum Gasteiger partial charge on any atom is -0.493 e. The monoisotopic (exact) mass is 310 g/mol. The molecule has 4 rings (SSSR count). The minimum atomic E-state index is 0.538. The second-order valence-corrected chi connectivity index (χ2v) is 6.50. The number of ether oxygens (including phenoxy) is 1. The molecule has 1 aliphatic carbocycles. The molecule has 2 aliphatic rings. The Bertz CT molecular complexity index is 644. The van der Waals surface area contributed by atoms with E-state index < -0.39 is 0 Å². The number of nitrogens with zero attached hydrogens (tertiary/aromatic N) is 4. The molecule has 23 heavy (non-hydrogen) atoms. The highest BCUT2D eigenvalue weighted by Crippen LogP contribution is 2.38. The van der Waals surface area contributed by atoms with Crippen LogP contribution in [0.1, 0.15) is 37.4 Å². The maximum atomic E-state index is 5.90. The zero-order valence-corrected chi connectivity index (χ0v) is 13.3. The first-order chi connectivity index (χ1) is 11.4. The SMILES string of the molecule is c1cc(OCC2CCCN(c3ccnc(C4CC4)n3)C2)ccn1. The molecule has 1 aliphatic heterocycles. The number of anilines is 1. The molecule has 0 radical (unpaired) electrons. The van der Waals surface area contributed by atoms with E-state index in [1.54, 1.807) is 12.4 Å². The average molecular weight is 310 g/mol. The van der Waals surface area contributed by atoms with Gasteiger partial charge >= 0.3 is 0 Å². The van der Waals surface area contributed by atoms with Gasteiger partial charge in [0.25, 0.3) is 0 Å². The fourth-order valence-electron chi connectivity index (χ4n) is 3.14. The maximum Gasteiger partial charge on any atom is 0.133 e. The van der Waals surface area contributed by atoms with Gasteiger partial charge in [0, 0.05) is 43.5 Å². The number of pyridine rings is 1. The van der Waals surface area contributed by atoms with Crippen molar-refractivity contribution >= 4 is 5.82 Å². The van der Waals surface area contributed by atoms with Crippen LogP contribution in [0.4, 0.5) is 5.82 Å². The van der Waals surface area contributed by atoms with E-state index in [4.69, 9.17) is 9.72 Å². The third kappa shape index (κ3) is 3.60. The lowest BCUT2D eigenvalue weighted by molar-refractivity contribution is 0.228. The number of hydrogen-bond acceptors (Lipinski definition) is 5. The van der Waals surface area contributed by atoms with Crippen molar-refractivity contribution in [3.8, 4) is 5.75 Å². The van der Waals surface area contributed by atoms with Gasteiger partial charge in [-0.3, -0.25) is 4.98 Å². The van der Waals surface area contributed by atoms with E-state index in [1.165, 1.54) is 25.7 Å². The summed E-state index contributed by atoms with van der Waals surface area (Å²) in [5.41, 5.74) is 0. The molecule has 2 aromatic rings. The zero-order valence-electron chi connectivity index (χ0n) is 13.3. The standard InChI is InChI=1S/C18H22N4O/c1-2-14(13-23-16-5-8-19-9-6-16)12-22(11-1)17-7-10-20-18(21-17)15-3-4-15/h5-10,14-15H,1-4,11-13H2. The summed E-state index contributed by atoms with van der Waals surface area (Å²) in [5.74, 6) is 4.14. The van der Waals surface area contributed by atoms with Gasteiger partial charge < -0.3 is 9.64 Å². The van der Waals surface area contributed by atoms with E-state index >= 15 is 0 Å². The van der Waals surface area contributed by atoms with Crippen molar-refractivity contribution in [1.82, 2.24) is 15.0 Å². The summed E-state index contributed by atoms with van der Waals surface area (Å²) < 4.78 is 5.90. The number of rotatable bonds is 5. The van der Waals surface area contributed by atoms with Crippen molar-refractivity contribution in [2.24, 2.45) is 5.92 Å². The number of aromatic nitrogens is 3. The number of hydrogen-bond donors (Lipinski definition) is 0. The molecule has 0 amide bonds. The summed E-state index contributed by atoms with van der Waals surface area (Å²) in [6.45, 7) is 2.83. The summed E-state index contributed by atoms with van der Waals surface area (Å²) >= 11 is 0. The van der Waals surface area contributed by atoms with Gasteiger partial charge in [-0.15, -0.1) is 0 Å². The topological polar surface area (TPSA) is 51.1 Å². The summed E-state index contributed by atoms with van der Waals surface area (Å²) in [6, 6.07) is 5.86. The first-order valence-corrected chi connectivity index (χ1v) is 8.49. The smallest absolute Gasteiger partial charge is 0.133 e. The predicted octanol–water partition coefficient (Wildman–Crippen LogP) is 3.04. The fourth-order valence-corrected chi connectivity index (χ4v) is 3.14. The summed E-state index contributed by atoms with van der Waals surface area (Å²) in [6.07, 6.45) is 10.3. The molecule has 1 unspecified atom stereocenters. The van der Waals surface area contributed by atoms with Gasteiger partial charge in [-0.2, -0.15) is 0 Å². The van der Waals surface area contributed by atoms with Crippen LogP contribution in [0, 0.1) is 5.92 Å². The van der Waals surface area contributed by atoms with Crippen LogP contribution in [-0.2, 0) is 0 Å². The Balaban J connectivity index is 1.37. The van der Waals surface area contributed by atoms with Crippen molar-refractivity contribution in [3.63, 3.8) is 0 Å². The van der Waals surface area contributed by atoms with Crippen molar-refractivity contribution < 1.29 is 4.74 Å². The van der Waals surface area contributed by atoms with Gasteiger partial charge in [0.15, 0.2) is 0 Å². The van der Waals surface area contributed by atoms with Crippen LogP contribution in [0.25, 0.3) is 0 Å². The molecule has 0 N–H and O–H groups in total. The summed E-state index contributed by atoms with van der Waals surface area (Å²) in [4.78, 5) is 15.6. The number of piperidine rings is 1. The molecule has 0 bridgehead atoms. The van der Waals surface area contributed by atoms with Crippen molar-refractivity contribution in [1.29, 1.82) is 0 Å². The molecular formula is C18H22N4O. The molecular weight excluding hydrogens is 288 g/mol. The molecule has 2 fully saturated rings. The molecule has 2 aromatic heterocycles. The van der Waals surface area contributed by atoms with Crippen LogP contribution < -0.4 is 9.64 Å². The van der Waals surface area contributed by atoms with E-state index in [1.807, 2.05) is 24.4 Å². The van der Waals surface area contributed by atoms with E-state index in [9.17, 15) is 0 Å². The lowest BCUT2D eigenvalue weighted by Crippen LogP contribution is -2.38. The average Bonchev–Trinajstić information content (AvgIpc) is 3.46. The van der Waals surface area contributed by atoms with Gasteiger partial charge in [0.1, 0.15) is 17.4 Å². The van der Waals surface area contributed by atoms with Crippen LogP contribution in [0.15, 0.2) is 36.8 Å². The lowest BCUT2D eigenvalue weighted by atomic mass is 9.99. The minimum absolute atomic E-state index is 0.538. The molecule has 1 atom stereocenters. The quantitative estimate of drug-likeness (QED) is 0.849. The van der Waals surface area contributed by atoms with Crippen LogP contribution in [0.3, 0.4) is 0 Å². The largest absolute Gasteiger partial charge is 0.493 e. The first-order valence-electron chi connectivity index (χ1n) is 8.49. The van der Waals surface area contributed by atoms with E-state index in [0.29, 0.717) is 11.8 Å². The van der Waals surface area contributed by atoms with Gasteiger partial charge in [-0.1, -0.05) is 0 Å². The Kier molecular flexibility index (Phi) is 4.09. The van der Waals surface area contributed by atoms with Gasteiger partial charge in [-0.25, -0.2) is 9.97 Å². The summed E-state index contributed by atoms with van der Waals surface area (Å²) in [7, 11) is 0. The Morgan fingerprint density at radius 1 is 1.09 bits per heavy atom. The molecule has 1 saturated heterocycles. The van der Waals surface area contributed by atoms with Crippen LogP contribution >= 0.6 is 0 Å². The second kappa shape index (κ2) is 6.52. The Hall–Kier alpha value is -2.17. The third-order valence-electron chi connectivity index (χ3n) is 4.58. The lowest BCUT2D eigenvalue weighted by Gasteiger charge is -2.33. The van der Waals surface area contributed by atoms with Gasteiger partial charge in [0.05, 0.1) is 6.61 Å². The van der Waals surface area contributed by atoms with Crippen molar-refractivity contribution in [3.05, 3.63) is 42.6 Å². The van der Waals surface area contributed by atoms with Crippen molar-refractivity contribution in [2.75, 3.05) is 24.6 Å². The van der Waals surface area contributed by atoms with E-state index in [0.717, 1.165) is 37.1 Å².